The summed E-state index contributed by atoms with van der Waals surface area (Å²) < 4.78 is 5.19. The van der Waals surface area contributed by atoms with Crippen LogP contribution in [0.4, 0.5) is 5.69 Å². The number of ether oxygens (including phenoxy) is 1. The second kappa shape index (κ2) is 10.9. The van der Waals surface area contributed by atoms with Gasteiger partial charge in [-0.3, -0.25) is 9.59 Å². The smallest absolute Gasteiger partial charge is 0.253 e. The standard InChI is InChI=1S/C30H33N3O3/c1-36-28-13-6-23(7-14-28)8-15-29(34)31-18-20-32(21-19-31)30(35)25-9-11-27(12-10-25)33-17-16-24-4-2-3-5-26(24)22-33/h2-7,9-14H,8,15-22H2,1H3. The van der Waals surface area contributed by atoms with Crippen LogP contribution in [0.25, 0.3) is 0 Å². The van der Waals surface area contributed by atoms with Gasteiger partial charge in [0.2, 0.25) is 5.91 Å². The van der Waals surface area contributed by atoms with Crippen LogP contribution in [0.2, 0.25) is 0 Å². The Bertz CT molecular complexity index is 1200. The summed E-state index contributed by atoms with van der Waals surface area (Å²) >= 11 is 0. The molecule has 2 amide bonds. The molecule has 0 unspecified atom stereocenters. The highest BCUT2D eigenvalue weighted by Crippen LogP contribution is 2.25. The number of carbonyl (C=O) groups excluding carboxylic acids is 2. The third kappa shape index (κ3) is 5.38. The Balaban J connectivity index is 1.11. The molecule has 2 heterocycles. The number of anilines is 1. The molecule has 3 aromatic carbocycles. The maximum atomic E-state index is 13.1. The van der Waals surface area contributed by atoms with Gasteiger partial charge in [-0.2, -0.15) is 0 Å². The summed E-state index contributed by atoms with van der Waals surface area (Å²) in [5, 5.41) is 0. The molecule has 0 spiro atoms. The Hall–Kier alpha value is -3.80. The van der Waals surface area contributed by atoms with Gasteiger partial charge in [-0.05, 0) is 65.9 Å². The maximum absolute atomic E-state index is 13.1. The van der Waals surface area contributed by atoms with Crippen LogP contribution in [0.5, 0.6) is 5.75 Å². The highest BCUT2D eigenvalue weighted by molar-refractivity contribution is 5.94. The van der Waals surface area contributed by atoms with Gasteiger partial charge in [-0.15, -0.1) is 0 Å². The third-order valence-electron chi connectivity index (χ3n) is 7.32. The number of aryl methyl sites for hydroxylation is 1. The van der Waals surface area contributed by atoms with Gasteiger partial charge in [0.05, 0.1) is 7.11 Å². The van der Waals surface area contributed by atoms with Crippen molar-refractivity contribution in [1.82, 2.24) is 9.80 Å². The molecule has 1 fully saturated rings. The van der Waals surface area contributed by atoms with Crippen molar-refractivity contribution in [3.8, 4) is 5.75 Å². The van der Waals surface area contributed by atoms with E-state index in [9.17, 15) is 9.59 Å². The second-order valence-corrected chi connectivity index (χ2v) is 9.51. The van der Waals surface area contributed by atoms with Gasteiger partial charge in [0.25, 0.3) is 5.91 Å². The molecular weight excluding hydrogens is 450 g/mol. The van der Waals surface area contributed by atoms with Crippen LogP contribution in [0.3, 0.4) is 0 Å². The van der Waals surface area contributed by atoms with Gasteiger partial charge >= 0.3 is 0 Å². The highest BCUT2D eigenvalue weighted by Gasteiger charge is 2.25. The van der Waals surface area contributed by atoms with E-state index >= 15 is 0 Å². The van der Waals surface area contributed by atoms with E-state index in [2.05, 4.69) is 41.3 Å². The van der Waals surface area contributed by atoms with E-state index < -0.39 is 0 Å². The van der Waals surface area contributed by atoms with E-state index in [1.807, 2.05) is 46.2 Å². The van der Waals surface area contributed by atoms with E-state index in [1.165, 1.54) is 11.1 Å². The fourth-order valence-corrected chi connectivity index (χ4v) is 5.07. The number of piperazine rings is 1. The van der Waals surface area contributed by atoms with Gasteiger partial charge in [0.15, 0.2) is 0 Å². The Morgan fingerprint density at radius 1 is 0.778 bits per heavy atom. The van der Waals surface area contributed by atoms with Crippen molar-refractivity contribution in [2.75, 3.05) is 44.7 Å². The topological polar surface area (TPSA) is 53.1 Å². The molecule has 186 valence electrons. The quantitative estimate of drug-likeness (QED) is 0.528. The lowest BCUT2D eigenvalue weighted by Gasteiger charge is -2.35. The first-order valence-corrected chi connectivity index (χ1v) is 12.7. The molecule has 0 N–H and O–H groups in total. The van der Waals surface area contributed by atoms with E-state index in [4.69, 9.17) is 4.74 Å². The molecule has 0 bridgehead atoms. The summed E-state index contributed by atoms with van der Waals surface area (Å²) in [7, 11) is 1.65. The van der Waals surface area contributed by atoms with Crippen molar-refractivity contribution < 1.29 is 14.3 Å². The molecule has 1 saturated heterocycles. The summed E-state index contributed by atoms with van der Waals surface area (Å²) in [4.78, 5) is 31.9. The maximum Gasteiger partial charge on any atom is 0.253 e. The molecule has 3 aromatic rings. The molecule has 0 aliphatic carbocycles. The Morgan fingerprint density at radius 3 is 2.14 bits per heavy atom. The van der Waals surface area contributed by atoms with Gasteiger partial charge in [-0.25, -0.2) is 0 Å². The van der Waals surface area contributed by atoms with E-state index in [1.54, 1.807) is 7.11 Å². The van der Waals surface area contributed by atoms with Gasteiger partial charge in [0.1, 0.15) is 5.75 Å². The molecule has 5 rings (SSSR count). The zero-order valence-electron chi connectivity index (χ0n) is 20.9. The Morgan fingerprint density at radius 2 is 1.44 bits per heavy atom. The molecule has 6 heteroatoms. The summed E-state index contributed by atoms with van der Waals surface area (Å²) in [6, 6.07) is 24.4. The molecule has 0 saturated carbocycles. The predicted octanol–water partition coefficient (Wildman–Crippen LogP) is 4.18. The number of benzene rings is 3. The van der Waals surface area contributed by atoms with Crippen LogP contribution in [-0.2, 0) is 24.2 Å². The number of hydrogen-bond donors (Lipinski definition) is 0. The molecule has 6 nitrogen and oxygen atoms in total. The highest BCUT2D eigenvalue weighted by atomic mass is 16.5. The lowest BCUT2D eigenvalue weighted by atomic mass is 9.99. The summed E-state index contributed by atoms with van der Waals surface area (Å²) in [6.45, 7) is 4.18. The summed E-state index contributed by atoms with van der Waals surface area (Å²) in [6.07, 6.45) is 2.22. The van der Waals surface area contributed by atoms with Crippen molar-refractivity contribution in [1.29, 1.82) is 0 Å². The van der Waals surface area contributed by atoms with Crippen LogP contribution >= 0.6 is 0 Å². The van der Waals surface area contributed by atoms with Crippen molar-refractivity contribution in [2.45, 2.75) is 25.8 Å². The zero-order chi connectivity index (χ0) is 24.9. The molecule has 0 radical (unpaired) electrons. The first kappa shape index (κ1) is 23.9. The zero-order valence-corrected chi connectivity index (χ0v) is 20.9. The van der Waals surface area contributed by atoms with Gasteiger partial charge in [0, 0.05) is 56.9 Å². The predicted molar refractivity (Wildman–Crippen MR) is 141 cm³/mol. The number of fused-ring (bicyclic) bond motifs is 1. The summed E-state index contributed by atoms with van der Waals surface area (Å²) in [5.41, 5.74) is 5.78. The third-order valence-corrected chi connectivity index (χ3v) is 7.32. The molecule has 2 aliphatic heterocycles. The van der Waals surface area contributed by atoms with Crippen LogP contribution in [0.1, 0.15) is 33.5 Å². The minimum atomic E-state index is 0.0378. The fraction of sp³-hybridized carbons (Fsp3) is 0.333. The SMILES string of the molecule is COc1ccc(CCC(=O)N2CCN(C(=O)c3ccc(N4CCc5ccccc5C4)cc3)CC2)cc1. The summed E-state index contributed by atoms with van der Waals surface area (Å²) in [5.74, 6) is 0.999. The Labute approximate surface area is 213 Å². The normalized spacial score (nSPS) is 15.4. The van der Waals surface area contributed by atoms with Crippen molar-refractivity contribution >= 4 is 17.5 Å². The van der Waals surface area contributed by atoms with Crippen LogP contribution in [0.15, 0.2) is 72.8 Å². The molecule has 2 aliphatic rings. The lowest BCUT2D eigenvalue weighted by Crippen LogP contribution is -2.50. The molecular formula is C30H33N3O3. The van der Waals surface area contributed by atoms with Gasteiger partial charge < -0.3 is 19.4 Å². The van der Waals surface area contributed by atoms with Crippen molar-refractivity contribution in [3.05, 3.63) is 95.1 Å². The monoisotopic (exact) mass is 483 g/mol. The van der Waals surface area contributed by atoms with Gasteiger partial charge in [-0.1, -0.05) is 36.4 Å². The van der Waals surface area contributed by atoms with Crippen LogP contribution < -0.4 is 9.64 Å². The van der Waals surface area contributed by atoms with Crippen LogP contribution in [-0.4, -0.2) is 61.4 Å². The number of methoxy groups -OCH3 is 1. The second-order valence-electron chi connectivity index (χ2n) is 9.51. The van der Waals surface area contributed by atoms with E-state index in [0.717, 1.165) is 36.5 Å². The minimum Gasteiger partial charge on any atom is -0.497 e. The number of nitrogens with zero attached hydrogens (tertiary/aromatic N) is 3. The number of amides is 2. The van der Waals surface area contributed by atoms with E-state index in [-0.39, 0.29) is 11.8 Å². The first-order valence-electron chi connectivity index (χ1n) is 12.7. The molecule has 0 atom stereocenters. The minimum absolute atomic E-state index is 0.0378. The van der Waals surface area contributed by atoms with Crippen molar-refractivity contribution in [3.63, 3.8) is 0 Å². The average molecular weight is 484 g/mol. The number of carbonyl (C=O) groups is 2. The fourth-order valence-electron chi connectivity index (χ4n) is 5.07. The molecule has 36 heavy (non-hydrogen) atoms. The van der Waals surface area contributed by atoms with Crippen molar-refractivity contribution in [2.24, 2.45) is 0 Å². The first-order chi connectivity index (χ1) is 17.6. The average Bonchev–Trinajstić information content (AvgIpc) is 2.95. The number of hydrogen-bond acceptors (Lipinski definition) is 4. The Kier molecular flexibility index (Phi) is 7.21. The van der Waals surface area contributed by atoms with Crippen LogP contribution in [0, 0.1) is 0 Å². The largest absolute Gasteiger partial charge is 0.497 e. The molecule has 0 aromatic heterocycles. The lowest BCUT2D eigenvalue weighted by molar-refractivity contribution is -0.132. The number of rotatable bonds is 6. The van der Waals surface area contributed by atoms with E-state index in [0.29, 0.717) is 44.6 Å².